The Morgan fingerprint density at radius 1 is 1.00 bits per heavy atom. The van der Waals surface area contributed by atoms with Crippen LogP contribution in [0, 0.1) is 13.8 Å². The fraction of sp³-hybridized carbons (Fsp3) is 0.345. The lowest BCUT2D eigenvalue weighted by Crippen LogP contribution is -2.47. The number of aliphatic hydroxyl groups is 1. The first-order valence-electron chi connectivity index (χ1n) is 13.2. The molecule has 2 N–H and O–H groups in total. The zero-order chi connectivity index (χ0) is 27.6. The van der Waals surface area contributed by atoms with Gasteiger partial charge in [0.15, 0.2) is 17.0 Å². The van der Waals surface area contributed by atoms with E-state index in [4.69, 9.17) is 9.97 Å². The molecule has 39 heavy (non-hydrogen) atoms. The van der Waals surface area contributed by atoms with Crippen LogP contribution in [-0.2, 0) is 4.57 Å². The number of β-amino-alcohol motifs (C(OH)–C–C–N with tert-alkyl or cyclic N) is 1. The van der Waals surface area contributed by atoms with E-state index in [1.54, 1.807) is 19.7 Å². The molecule has 0 bridgehead atoms. The highest BCUT2D eigenvalue weighted by molar-refractivity contribution is 7.70. The topological polar surface area (TPSA) is 99.4 Å². The van der Waals surface area contributed by atoms with Crippen LogP contribution >= 0.6 is 7.14 Å². The average Bonchev–Trinajstić information content (AvgIpc) is 3.32. The van der Waals surface area contributed by atoms with E-state index in [0.717, 1.165) is 37.2 Å². The lowest BCUT2D eigenvalue weighted by Gasteiger charge is -2.34. The number of piperazine rings is 1. The van der Waals surface area contributed by atoms with Crippen molar-refractivity contribution in [3.8, 4) is 0 Å². The number of nitrogens with one attached hydrogen (secondary N) is 1. The van der Waals surface area contributed by atoms with E-state index in [0.29, 0.717) is 29.5 Å². The van der Waals surface area contributed by atoms with Gasteiger partial charge in [0.1, 0.15) is 13.5 Å². The molecule has 1 saturated heterocycles. The van der Waals surface area contributed by atoms with Gasteiger partial charge in [0, 0.05) is 49.9 Å². The smallest absolute Gasteiger partial charge is 0.229 e. The van der Waals surface area contributed by atoms with Crippen molar-refractivity contribution < 1.29 is 9.67 Å². The standard InChI is InChI=1S/C29H36N7O2P/c1-21-6-5-7-22(2)25(21)12-13-36-20-30-26-27(31-23-8-10-24(11-9-23)39(3,4)38)32-29(33-28(26)36)35-16-14-34(15-17-35)18-19-37/h5-13,20,37H,14-19H2,1-4H3,(H,31,32,33)/b13-12+. The highest BCUT2D eigenvalue weighted by Crippen LogP contribution is 2.35. The zero-order valence-electron chi connectivity index (χ0n) is 23.0. The quantitative estimate of drug-likeness (QED) is 0.318. The summed E-state index contributed by atoms with van der Waals surface area (Å²) in [5.41, 5.74) is 5.82. The normalized spacial score (nSPS) is 14.9. The van der Waals surface area contributed by atoms with E-state index in [-0.39, 0.29) is 6.61 Å². The fourth-order valence-corrected chi connectivity index (χ4v) is 5.71. The van der Waals surface area contributed by atoms with Gasteiger partial charge in [-0.3, -0.25) is 9.47 Å². The molecule has 9 nitrogen and oxygen atoms in total. The molecule has 1 aliphatic heterocycles. The van der Waals surface area contributed by atoms with Crippen molar-refractivity contribution in [3.05, 3.63) is 65.5 Å². The second-order valence-corrected chi connectivity index (χ2v) is 13.6. The molecule has 1 aliphatic rings. The Balaban J connectivity index is 1.52. The van der Waals surface area contributed by atoms with Crippen molar-refractivity contribution in [3.63, 3.8) is 0 Å². The molecule has 0 amide bonds. The Labute approximate surface area is 229 Å². The highest BCUT2D eigenvalue weighted by atomic mass is 31.2. The second-order valence-electron chi connectivity index (χ2n) is 10.4. The van der Waals surface area contributed by atoms with Gasteiger partial charge in [-0.1, -0.05) is 18.2 Å². The third-order valence-corrected chi connectivity index (χ3v) is 8.72. The predicted molar refractivity (Wildman–Crippen MR) is 161 cm³/mol. The molecule has 4 aromatic rings. The minimum atomic E-state index is -2.34. The van der Waals surface area contributed by atoms with Gasteiger partial charge in [0.25, 0.3) is 0 Å². The van der Waals surface area contributed by atoms with Crippen LogP contribution in [0.25, 0.3) is 23.4 Å². The molecule has 5 rings (SSSR count). The van der Waals surface area contributed by atoms with E-state index in [1.807, 2.05) is 35.0 Å². The van der Waals surface area contributed by atoms with E-state index in [1.165, 1.54) is 16.7 Å². The van der Waals surface area contributed by atoms with Crippen LogP contribution in [0.1, 0.15) is 16.7 Å². The summed E-state index contributed by atoms with van der Waals surface area (Å²) >= 11 is 0. The summed E-state index contributed by atoms with van der Waals surface area (Å²) in [5.74, 6) is 1.26. The summed E-state index contributed by atoms with van der Waals surface area (Å²) < 4.78 is 14.4. The average molecular weight is 546 g/mol. The maximum Gasteiger partial charge on any atom is 0.229 e. The maximum atomic E-state index is 12.5. The zero-order valence-corrected chi connectivity index (χ0v) is 23.9. The monoisotopic (exact) mass is 545 g/mol. The summed E-state index contributed by atoms with van der Waals surface area (Å²) in [4.78, 5) is 19.0. The Kier molecular flexibility index (Phi) is 7.84. The molecular weight excluding hydrogens is 509 g/mol. The highest BCUT2D eigenvalue weighted by Gasteiger charge is 2.22. The number of nitrogens with zero attached hydrogens (tertiary/aromatic N) is 6. The van der Waals surface area contributed by atoms with E-state index in [2.05, 4.69) is 58.2 Å². The molecule has 0 unspecified atom stereocenters. The number of aliphatic hydroxyl groups excluding tert-OH is 1. The minimum absolute atomic E-state index is 0.159. The van der Waals surface area contributed by atoms with Crippen LogP contribution in [0.4, 0.5) is 17.5 Å². The van der Waals surface area contributed by atoms with Gasteiger partial charge in [-0.25, -0.2) is 4.98 Å². The molecule has 204 valence electrons. The minimum Gasteiger partial charge on any atom is -0.395 e. The molecule has 0 aliphatic carbocycles. The Morgan fingerprint density at radius 3 is 2.33 bits per heavy atom. The number of hydrogen-bond donors (Lipinski definition) is 2. The van der Waals surface area contributed by atoms with E-state index >= 15 is 0 Å². The van der Waals surface area contributed by atoms with Crippen LogP contribution in [0.2, 0.25) is 0 Å². The number of rotatable bonds is 8. The van der Waals surface area contributed by atoms with Crippen LogP contribution in [0.5, 0.6) is 0 Å². The number of aromatic nitrogens is 4. The number of aryl methyl sites for hydroxylation is 2. The molecule has 2 aromatic heterocycles. The summed E-state index contributed by atoms with van der Waals surface area (Å²) in [6.07, 6.45) is 5.87. The van der Waals surface area contributed by atoms with Crippen LogP contribution in [-0.4, -0.2) is 82.2 Å². The number of anilines is 3. The third-order valence-electron chi connectivity index (χ3n) is 7.18. The maximum absolute atomic E-state index is 12.5. The van der Waals surface area contributed by atoms with Crippen LogP contribution in [0.15, 0.2) is 48.8 Å². The fourth-order valence-electron chi connectivity index (χ4n) is 4.84. The Morgan fingerprint density at radius 2 is 1.69 bits per heavy atom. The molecule has 3 heterocycles. The Hall–Kier alpha value is -3.52. The number of hydrogen-bond acceptors (Lipinski definition) is 8. The van der Waals surface area contributed by atoms with E-state index < -0.39 is 7.14 Å². The first kappa shape index (κ1) is 27.1. The molecule has 0 atom stereocenters. The van der Waals surface area contributed by atoms with Crippen molar-refractivity contribution in [1.29, 1.82) is 0 Å². The molecule has 1 fully saturated rings. The van der Waals surface area contributed by atoms with Gasteiger partial charge < -0.3 is 19.9 Å². The molecule has 0 spiro atoms. The molecule has 0 saturated carbocycles. The second kappa shape index (κ2) is 11.3. The lowest BCUT2D eigenvalue weighted by atomic mass is 10.0. The SMILES string of the molecule is Cc1cccc(C)c1/C=C/n1cnc2c(Nc3ccc(P(C)(C)=O)cc3)nc(N3CCN(CCO)CC3)nc21. The predicted octanol–water partition coefficient (Wildman–Crippen LogP) is 4.18. The largest absolute Gasteiger partial charge is 0.395 e. The van der Waals surface area contributed by atoms with Gasteiger partial charge in [-0.15, -0.1) is 0 Å². The van der Waals surface area contributed by atoms with Gasteiger partial charge >= 0.3 is 0 Å². The first-order valence-corrected chi connectivity index (χ1v) is 15.8. The number of benzene rings is 2. The van der Waals surface area contributed by atoms with Crippen molar-refractivity contribution in [1.82, 2.24) is 24.4 Å². The van der Waals surface area contributed by atoms with Gasteiger partial charge in [-0.2, -0.15) is 9.97 Å². The van der Waals surface area contributed by atoms with Crippen molar-refractivity contribution >= 4 is 53.3 Å². The van der Waals surface area contributed by atoms with Gasteiger partial charge in [-0.05, 0) is 74.2 Å². The van der Waals surface area contributed by atoms with Crippen molar-refractivity contribution in [2.75, 3.05) is 62.9 Å². The van der Waals surface area contributed by atoms with Crippen LogP contribution < -0.4 is 15.5 Å². The van der Waals surface area contributed by atoms with Gasteiger partial charge in [0.2, 0.25) is 5.95 Å². The molecule has 0 radical (unpaired) electrons. The number of imidazole rings is 1. The number of fused-ring (bicyclic) bond motifs is 1. The lowest BCUT2D eigenvalue weighted by molar-refractivity contribution is 0.188. The third kappa shape index (κ3) is 6.06. The van der Waals surface area contributed by atoms with Gasteiger partial charge in [0.05, 0.1) is 6.61 Å². The Bertz CT molecular complexity index is 1510. The summed E-state index contributed by atoms with van der Waals surface area (Å²) in [7, 11) is -2.34. The van der Waals surface area contributed by atoms with E-state index in [9.17, 15) is 9.67 Å². The summed E-state index contributed by atoms with van der Waals surface area (Å²) in [5, 5.41) is 13.6. The summed E-state index contributed by atoms with van der Waals surface area (Å²) in [6, 6.07) is 13.9. The molecule has 10 heteroatoms. The summed E-state index contributed by atoms with van der Waals surface area (Å²) in [6.45, 7) is 11.8. The van der Waals surface area contributed by atoms with Crippen LogP contribution in [0.3, 0.4) is 0 Å². The van der Waals surface area contributed by atoms with Crippen molar-refractivity contribution in [2.24, 2.45) is 0 Å². The molecule has 2 aromatic carbocycles. The molecular formula is C29H36N7O2P. The first-order chi connectivity index (χ1) is 18.7. The van der Waals surface area contributed by atoms with Crippen molar-refractivity contribution in [2.45, 2.75) is 13.8 Å².